The van der Waals surface area contributed by atoms with Crippen molar-refractivity contribution in [3.8, 4) is 0 Å². The number of nitrogens with two attached hydrogens (primary N) is 2. The minimum atomic E-state index is 0.688. The first-order chi connectivity index (χ1) is 7.25. The van der Waals surface area contributed by atoms with Crippen molar-refractivity contribution >= 4 is 22.7 Å². The maximum atomic E-state index is 5.82. The highest BCUT2D eigenvalue weighted by atomic mass is 14.9. The van der Waals surface area contributed by atoms with Gasteiger partial charge in [0.25, 0.3) is 0 Å². The van der Waals surface area contributed by atoms with Gasteiger partial charge in [0, 0.05) is 11.4 Å². The molecule has 2 aromatic rings. The van der Waals surface area contributed by atoms with E-state index in [0.29, 0.717) is 11.4 Å². The monoisotopic (exact) mass is 199 g/mol. The lowest BCUT2D eigenvalue weighted by Gasteiger charge is -2.09. The number of rotatable bonds is 2. The molecule has 5 N–H and O–H groups in total. The van der Waals surface area contributed by atoms with Crippen molar-refractivity contribution in [3.63, 3.8) is 0 Å². The number of nitrogens with one attached hydrogen (secondary N) is 1. The summed E-state index contributed by atoms with van der Waals surface area (Å²) >= 11 is 0. The molecular formula is C12H13N3. The molecule has 0 aliphatic heterocycles. The van der Waals surface area contributed by atoms with Crippen LogP contribution in [0.2, 0.25) is 0 Å². The van der Waals surface area contributed by atoms with Crippen LogP contribution in [0.1, 0.15) is 0 Å². The third kappa shape index (κ3) is 2.20. The minimum absolute atomic E-state index is 0.688. The molecule has 0 heterocycles. The molecule has 0 saturated heterocycles. The summed E-state index contributed by atoms with van der Waals surface area (Å²) in [6.45, 7) is 0. The Balaban J connectivity index is 2.28. The SMILES string of the molecule is Nc1ccc(N)c(Nc2ccccc2)c1. The van der Waals surface area contributed by atoms with E-state index in [1.165, 1.54) is 0 Å². The van der Waals surface area contributed by atoms with Crippen LogP contribution in [0, 0.1) is 0 Å². The van der Waals surface area contributed by atoms with Crippen LogP contribution in [0.25, 0.3) is 0 Å². The zero-order valence-corrected chi connectivity index (χ0v) is 8.27. The quantitative estimate of drug-likeness (QED) is 0.651. The Kier molecular flexibility index (Phi) is 2.46. The minimum Gasteiger partial charge on any atom is -0.399 e. The Bertz CT molecular complexity index is 452. The highest BCUT2D eigenvalue weighted by molar-refractivity contribution is 5.75. The molecule has 76 valence electrons. The summed E-state index contributed by atoms with van der Waals surface area (Å²) in [6, 6.07) is 15.2. The van der Waals surface area contributed by atoms with Crippen LogP contribution in [0.4, 0.5) is 22.7 Å². The summed E-state index contributed by atoms with van der Waals surface area (Å²) in [7, 11) is 0. The van der Waals surface area contributed by atoms with Crippen LogP contribution < -0.4 is 16.8 Å². The van der Waals surface area contributed by atoms with Gasteiger partial charge in [0.05, 0.1) is 11.4 Å². The summed E-state index contributed by atoms with van der Waals surface area (Å²) in [5.74, 6) is 0. The number of para-hydroxylation sites is 1. The van der Waals surface area contributed by atoms with Crippen LogP contribution in [0.3, 0.4) is 0 Å². The van der Waals surface area contributed by atoms with Gasteiger partial charge in [-0.25, -0.2) is 0 Å². The highest BCUT2D eigenvalue weighted by Crippen LogP contribution is 2.24. The van der Waals surface area contributed by atoms with Gasteiger partial charge in [0.2, 0.25) is 0 Å². The Morgan fingerprint density at radius 1 is 0.867 bits per heavy atom. The normalized spacial score (nSPS) is 9.87. The zero-order chi connectivity index (χ0) is 10.7. The van der Waals surface area contributed by atoms with Crippen LogP contribution in [0.15, 0.2) is 48.5 Å². The van der Waals surface area contributed by atoms with Crippen LogP contribution >= 0.6 is 0 Å². The molecule has 2 aromatic carbocycles. The van der Waals surface area contributed by atoms with Crippen molar-refractivity contribution < 1.29 is 0 Å². The summed E-state index contributed by atoms with van der Waals surface area (Å²) in [5.41, 5.74) is 14.7. The average Bonchev–Trinajstić information content (AvgIpc) is 2.25. The van der Waals surface area contributed by atoms with Crippen molar-refractivity contribution in [2.75, 3.05) is 16.8 Å². The van der Waals surface area contributed by atoms with Crippen molar-refractivity contribution in [2.24, 2.45) is 0 Å². The number of anilines is 4. The Morgan fingerprint density at radius 3 is 2.33 bits per heavy atom. The van der Waals surface area contributed by atoms with E-state index in [1.807, 2.05) is 36.4 Å². The van der Waals surface area contributed by atoms with Gasteiger partial charge in [0.15, 0.2) is 0 Å². The topological polar surface area (TPSA) is 64.1 Å². The van der Waals surface area contributed by atoms with Gasteiger partial charge in [-0.05, 0) is 30.3 Å². The fourth-order valence-corrected chi connectivity index (χ4v) is 1.36. The molecule has 15 heavy (non-hydrogen) atoms. The van der Waals surface area contributed by atoms with E-state index in [2.05, 4.69) is 5.32 Å². The van der Waals surface area contributed by atoms with E-state index in [4.69, 9.17) is 11.5 Å². The first kappa shape index (κ1) is 9.40. The maximum absolute atomic E-state index is 5.82. The van der Waals surface area contributed by atoms with Gasteiger partial charge < -0.3 is 16.8 Å². The van der Waals surface area contributed by atoms with Crippen molar-refractivity contribution in [2.45, 2.75) is 0 Å². The third-order valence-electron chi connectivity index (χ3n) is 2.13. The smallest absolute Gasteiger partial charge is 0.0638 e. The van der Waals surface area contributed by atoms with E-state index >= 15 is 0 Å². The standard InChI is InChI=1S/C12H13N3/c13-9-6-7-11(14)12(8-9)15-10-4-2-1-3-5-10/h1-8,15H,13-14H2. The molecule has 0 unspecified atom stereocenters. The number of benzene rings is 2. The molecule has 3 heteroatoms. The predicted octanol–water partition coefficient (Wildman–Crippen LogP) is 2.59. The molecule has 0 amide bonds. The molecule has 0 saturated carbocycles. The number of nitrogen functional groups attached to an aromatic ring is 2. The second kappa shape index (κ2) is 3.92. The van der Waals surface area contributed by atoms with Crippen molar-refractivity contribution in [3.05, 3.63) is 48.5 Å². The lowest BCUT2D eigenvalue weighted by atomic mass is 10.2. The summed E-state index contributed by atoms with van der Waals surface area (Å²) < 4.78 is 0. The maximum Gasteiger partial charge on any atom is 0.0638 e. The van der Waals surface area contributed by atoms with Crippen LogP contribution in [-0.2, 0) is 0 Å². The van der Waals surface area contributed by atoms with Crippen LogP contribution in [-0.4, -0.2) is 0 Å². The zero-order valence-electron chi connectivity index (χ0n) is 8.27. The van der Waals surface area contributed by atoms with E-state index in [9.17, 15) is 0 Å². The lowest BCUT2D eigenvalue weighted by Crippen LogP contribution is -1.97. The first-order valence-corrected chi connectivity index (χ1v) is 4.73. The number of hydrogen-bond acceptors (Lipinski definition) is 3. The van der Waals surface area contributed by atoms with Gasteiger partial charge in [0.1, 0.15) is 0 Å². The van der Waals surface area contributed by atoms with Gasteiger partial charge in [-0.3, -0.25) is 0 Å². The summed E-state index contributed by atoms with van der Waals surface area (Å²) in [4.78, 5) is 0. The Morgan fingerprint density at radius 2 is 1.60 bits per heavy atom. The largest absolute Gasteiger partial charge is 0.399 e. The molecule has 0 atom stereocenters. The second-order valence-electron chi connectivity index (χ2n) is 3.34. The van der Waals surface area contributed by atoms with E-state index in [0.717, 1.165) is 11.4 Å². The molecule has 0 radical (unpaired) electrons. The predicted molar refractivity (Wildman–Crippen MR) is 65.0 cm³/mol. The van der Waals surface area contributed by atoms with Gasteiger partial charge in [-0.1, -0.05) is 18.2 Å². The fraction of sp³-hybridized carbons (Fsp3) is 0. The molecule has 0 aromatic heterocycles. The molecule has 0 aliphatic carbocycles. The molecule has 2 rings (SSSR count). The Hall–Kier alpha value is -2.16. The number of hydrogen-bond donors (Lipinski definition) is 3. The second-order valence-corrected chi connectivity index (χ2v) is 3.34. The van der Waals surface area contributed by atoms with Crippen LogP contribution in [0.5, 0.6) is 0 Å². The molecule has 3 nitrogen and oxygen atoms in total. The molecule has 0 aliphatic rings. The van der Waals surface area contributed by atoms with E-state index in [1.54, 1.807) is 12.1 Å². The van der Waals surface area contributed by atoms with Gasteiger partial charge >= 0.3 is 0 Å². The third-order valence-corrected chi connectivity index (χ3v) is 2.13. The molecule has 0 fully saturated rings. The van der Waals surface area contributed by atoms with E-state index < -0.39 is 0 Å². The summed E-state index contributed by atoms with van der Waals surface area (Å²) in [6.07, 6.45) is 0. The van der Waals surface area contributed by atoms with Gasteiger partial charge in [-0.15, -0.1) is 0 Å². The Labute approximate surface area is 88.7 Å². The highest BCUT2D eigenvalue weighted by Gasteiger charge is 1.99. The summed E-state index contributed by atoms with van der Waals surface area (Å²) in [5, 5.41) is 3.21. The fourth-order valence-electron chi connectivity index (χ4n) is 1.36. The first-order valence-electron chi connectivity index (χ1n) is 4.73. The molecular weight excluding hydrogens is 186 g/mol. The van der Waals surface area contributed by atoms with Crippen molar-refractivity contribution in [1.29, 1.82) is 0 Å². The molecule has 0 bridgehead atoms. The van der Waals surface area contributed by atoms with E-state index in [-0.39, 0.29) is 0 Å². The lowest BCUT2D eigenvalue weighted by molar-refractivity contribution is 1.54. The van der Waals surface area contributed by atoms with Gasteiger partial charge in [-0.2, -0.15) is 0 Å². The van der Waals surface area contributed by atoms with Crippen molar-refractivity contribution in [1.82, 2.24) is 0 Å². The average molecular weight is 199 g/mol. The molecule has 0 spiro atoms.